The molecule has 1 aliphatic rings. The molecule has 0 aromatic carbocycles. The Labute approximate surface area is 163 Å². The number of amides is 2. The number of nitrogens with two attached hydrogens (primary N) is 1. The first kappa shape index (κ1) is 22.6. The molecule has 1 aromatic rings. The molecule has 162 valence electrons. The highest BCUT2D eigenvalue weighted by Crippen LogP contribution is 2.37. The first-order chi connectivity index (χ1) is 13.1. The van der Waals surface area contributed by atoms with E-state index in [-0.39, 0.29) is 11.4 Å². The van der Waals surface area contributed by atoms with Crippen molar-refractivity contribution in [2.24, 2.45) is 11.1 Å². The third-order valence-corrected chi connectivity index (χ3v) is 4.72. The Morgan fingerprint density at radius 3 is 2.41 bits per heavy atom. The van der Waals surface area contributed by atoms with Crippen LogP contribution in [0.15, 0.2) is 12.3 Å². The van der Waals surface area contributed by atoms with Crippen molar-refractivity contribution >= 4 is 17.5 Å². The van der Waals surface area contributed by atoms with Crippen LogP contribution in [0, 0.1) is 5.41 Å². The minimum absolute atomic E-state index is 0.0813. The molecule has 12 heteroatoms. The van der Waals surface area contributed by atoms with Gasteiger partial charge in [-0.05, 0) is 20.8 Å². The van der Waals surface area contributed by atoms with Crippen molar-refractivity contribution in [3.8, 4) is 5.75 Å². The smallest absolute Gasteiger partial charge is 0.422 e. The lowest BCUT2D eigenvalue weighted by Crippen LogP contribution is -2.56. The molecule has 29 heavy (non-hydrogen) atoms. The average Bonchev–Trinajstić information content (AvgIpc) is 2.56. The Morgan fingerprint density at radius 2 is 1.93 bits per heavy atom. The Bertz CT molecular complexity index is 790. The molecule has 1 saturated heterocycles. The van der Waals surface area contributed by atoms with E-state index in [9.17, 15) is 31.5 Å². The largest absolute Gasteiger partial charge is 0.482 e. The van der Waals surface area contributed by atoms with Crippen molar-refractivity contribution in [1.29, 1.82) is 0 Å². The number of alkyl halides is 5. The highest BCUT2D eigenvalue weighted by atomic mass is 19.4. The second kappa shape index (κ2) is 7.64. The minimum atomic E-state index is -4.66. The standard InChI is InChI=1S/C17H21F5N4O3/c1-9(15(2,3)14(23)28)25-13(27)10-4-12(29-8-17(20,21)22)11(5-24-10)26-6-16(18,19)7-26/h4-5,9H,6-8H2,1-3H3,(H2,23,28)(H,25,27)/t9-/m0/s1. The van der Waals surface area contributed by atoms with Gasteiger partial charge in [0.25, 0.3) is 11.8 Å². The van der Waals surface area contributed by atoms with E-state index in [1.165, 1.54) is 20.8 Å². The molecule has 1 aliphatic heterocycles. The summed E-state index contributed by atoms with van der Waals surface area (Å²) < 4.78 is 68.6. The predicted molar refractivity (Wildman–Crippen MR) is 92.9 cm³/mol. The Balaban J connectivity index is 2.24. The van der Waals surface area contributed by atoms with Gasteiger partial charge in [-0.25, -0.2) is 13.8 Å². The Morgan fingerprint density at radius 1 is 1.34 bits per heavy atom. The van der Waals surface area contributed by atoms with Crippen molar-refractivity contribution in [2.75, 3.05) is 24.6 Å². The van der Waals surface area contributed by atoms with Crippen LogP contribution < -0.4 is 20.7 Å². The van der Waals surface area contributed by atoms with Crippen molar-refractivity contribution in [3.05, 3.63) is 18.0 Å². The van der Waals surface area contributed by atoms with Crippen molar-refractivity contribution < 1.29 is 36.3 Å². The molecule has 0 saturated carbocycles. The van der Waals surface area contributed by atoms with Gasteiger partial charge in [-0.1, -0.05) is 0 Å². The summed E-state index contributed by atoms with van der Waals surface area (Å²) in [7, 11) is 0. The van der Waals surface area contributed by atoms with Crippen LogP contribution in [0.3, 0.4) is 0 Å². The summed E-state index contributed by atoms with van der Waals surface area (Å²) in [6.07, 6.45) is -3.67. The number of pyridine rings is 1. The second-order valence-corrected chi connectivity index (χ2v) is 7.43. The number of carbonyl (C=O) groups is 2. The first-order valence-electron chi connectivity index (χ1n) is 8.55. The normalized spacial score (nSPS) is 17.3. The number of carbonyl (C=O) groups excluding carboxylic acids is 2. The van der Waals surface area contributed by atoms with Gasteiger partial charge in [-0.15, -0.1) is 0 Å². The van der Waals surface area contributed by atoms with E-state index in [1.54, 1.807) is 0 Å². The lowest BCUT2D eigenvalue weighted by Gasteiger charge is -2.40. The third-order valence-electron chi connectivity index (χ3n) is 4.72. The molecule has 0 unspecified atom stereocenters. The number of nitrogens with zero attached hydrogens (tertiary/aromatic N) is 2. The molecule has 2 amide bonds. The van der Waals surface area contributed by atoms with Crippen LogP contribution in [-0.2, 0) is 4.79 Å². The average molecular weight is 424 g/mol. The fourth-order valence-corrected chi connectivity index (χ4v) is 2.41. The molecule has 3 N–H and O–H groups in total. The molecule has 1 fully saturated rings. The summed E-state index contributed by atoms with van der Waals surface area (Å²) in [5.74, 6) is -4.82. The van der Waals surface area contributed by atoms with Crippen molar-refractivity contribution in [2.45, 2.75) is 38.9 Å². The molecule has 0 aliphatic carbocycles. The lowest BCUT2D eigenvalue weighted by atomic mass is 9.84. The number of rotatable bonds is 7. The van der Waals surface area contributed by atoms with Gasteiger partial charge in [0.2, 0.25) is 5.91 Å². The van der Waals surface area contributed by atoms with Gasteiger partial charge in [0.05, 0.1) is 30.4 Å². The van der Waals surface area contributed by atoms with Gasteiger partial charge in [0.1, 0.15) is 11.4 Å². The van der Waals surface area contributed by atoms with Gasteiger partial charge < -0.3 is 20.7 Å². The number of ether oxygens (including phenoxy) is 1. The van der Waals surface area contributed by atoms with Crippen LogP contribution in [-0.4, -0.2) is 54.6 Å². The maximum absolute atomic E-state index is 13.1. The van der Waals surface area contributed by atoms with Gasteiger partial charge in [0.15, 0.2) is 6.61 Å². The molecule has 7 nitrogen and oxygen atoms in total. The molecular formula is C17H21F5N4O3. The number of anilines is 1. The minimum Gasteiger partial charge on any atom is -0.482 e. The highest BCUT2D eigenvalue weighted by Gasteiger charge is 2.45. The van der Waals surface area contributed by atoms with E-state index in [2.05, 4.69) is 10.3 Å². The fourth-order valence-electron chi connectivity index (χ4n) is 2.41. The summed E-state index contributed by atoms with van der Waals surface area (Å²) in [5, 5.41) is 2.49. The number of primary amides is 1. The summed E-state index contributed by atoms with van der Waals surface area (Å²) in [6, 6.07) is 0.222. The summed E-state index contributed by atoms with van der Waals surface area (Å²) >= 11 is 0. The van der Waals surface area contributed by atoms with Crippen molar-refractivity contribution in [1.82, 2.24) is 10.3 Å². The number of hydrogen-bond donors (Lipinski definition) is 2. The molecule has 0 radical (unpaired) electrons. The van der Waals surface area contributed by atoms with Crippen LogP contribution in [0.1, 0.15) is 31.3 Å². The monoisotopic (exact) mass is 424 g/mol. The van der Waals surface area contributed by atoms with Gasteiger partial charge in [-0.3, -0.25) is 9.59 Å². The summed E-state index contributed by atoms with van der Waals surface area (Å²) in [4.78, 5) is 28.8. The van der Waals surface area contributed by atoms with Crippen molar-refractivity contribution in [3.63, 3.8) is 0 Å². The summed E-state index contributed by atoms with van der Waals surface area (Å²) in [5.41, 5.74) is 3.80. The van der Waals surface area contributed by atoms with Gasteiger partial charge in [0, 0.05) is 12.1 Å². The molecule has 1 aromatic heterocycles. The molecular weight excluding hydrogens is 403 g/mol. The molecule has 0 spiro atoms. The fraction of sp³-hybridized carbons (Fsp3) is 0.588. The highest BCUT2D eigenvalue weighted by molar-refractivity contribution is 5.94. The topological polar surface area (TPSA) is 97.6 Å². The zero-order valence-corrected chi connectivity index (χ0v) is 15.9. The van der Waals surface area contributed by atoms with E-state index >= 15 is 0 Å². The molecule has 2 heterocycles. The van der Waals surface area contributed by atoms with Crippen LogP contribution in [0.25, 0.3) is 0 Å². The number of hydrogen-bond acceptors (Lipinski definition) is 5. The molecule has 2 rings (SSSR count). The zero-order valence-electron chi connectivity index (χ0n) is 15.9. The Kier molecular flexibility index (Phi) is 5.96. The van der Waals surface area contributed by atoms with E-state index < -0.39 is 60.8 Å². The van der Waals surface area contributed by atoms with Crippen LogP contribution in [0.5, 0.6) is 5.75 Å². The quantitative estimate of drug-likeness (QED) is 0.654. The first-order valence-corrected chi connectivity index (χ1v) is 8.55. The Hall–Kier alpha value is -2.66. The van der Waals surface area contributed by atoms with Crippen LogP contribution in [0.2, 0.25) is 0 Å². The van der Waals surface area contributed by atoms with Gasteiger partial charge >= 0.3 is 6.18 Å². The van der Waals surface area contributed by atoms with Crippen LogP contribution in [0.4, 0.5) is 27.6 Å². The van der Waals surface area contributed by atoms with E-state index in [4.69, 9.17) is 10.5 Å². The maximum Gasteiger partial charge on any atom is 0.422 e. The lowest BCUT2D eigenvalue weighted by molar-refractivity contribution is -0.153. The zero-order chi connectivity index (χ0) is 22.2. The van der Waals surface area contributed by atoms with Crippen LogP contribution >= 0.6 is 0 Å². The molecule has 1 atom stereocenters. The van der Waals surface area contributed by atoms with Gasteiger partial charge in [-0.2, -0.15) is 13.2 Å². The van der Waals surface area contributed by atoms with E-state index in [0.29, 0.717) is 0 Å². The molecule has 0 bridgehead atoms. The summed E-state index contributed by atoms with van der Waals surface area (Å²) in [6.45, 7) is 1.48. The van der Waals surface area contributed by atoms with E-state index in [1.807, 2.05) is 0 Å². The SMILES string of the molecule is C[C@H](NC(=O)c1cc(OCC(F)(F)F)c(N2CC(F)(F)C2)cn1)C(C)(C)C(N)=O. The number of aromatic nitrogens is 1. The number of nitrogens with one attached hydrogen (secondary N) is 1. The number of halogens is 5. The predicted octanol–water partition coefficient (Wildman–Crippen LogP) is 2.11. The third kappa shape index (κ3) is 5.45. The van der Waals surface area contributed by atoms with E-state index in [0.717, 1.165) is 17.2 Å². The maximum atomic E-state index is 13.1. The second-order valence-electron chi connectivity index (χ2n) is 7.43.